The van der Waals surface area contributed by atoms with Crippen molar-refractivity contribution in [2.45, 2.75) is 51.2 Å². The maximum absolute atomic E-state index is 13.4. The number of hydrogen-bond donors (Lipinski definition) is 1. The van der Waals surface area contributed by atoms with Crippen molar-refractivity contribution >= 4 is 10.0 Å². The van der Waals surface area contributed by atoms with E-state index in [9.17, 15) is 13.5 Å². The van der Waals surface area contributed by atoms with E-state index in [0.717, 1.165) is 12.0 Å². The lowest BCUT2D eigenvalue weighted by molar-refractivity contribution is 0.0812. The molecule has 7 heteroatoms. The lowest BCUT2D eigenvalue weighted by Crippen LogP contribution is -2.49. The maximum atomic E-state index is 13.4. The summed E-state index contributed by atoms with van der Waals surface area (Å²) < 4.78 is 34.4. The lowest BCUT2D eigenvalue weighted by atomic mass is 10.0. The van der Waals surface area contributed by atoms with Crippen LogP contribution >= 0.6 is 0 Å². The first-order chi connectivity index (χ1) is 13.6. The molecule has 0 saturated carbocycles. The molecule has 1 N–H and O–H groups in total. The third kappa shape index (κ3) is 5.95. The molecule has 0 unspecified atom stereocenters. The number of sulfonamides is 1. The summed E-state index contributed by atoms with van der Waals surface area (Å²) in [6, 6.07) is 4.51. The molecular weight excluding hydrogens is 388 g/mol. The highest BCUT2D eigenvalue weighted by Gasteiger charge is 2.37. The first-order valence-corrected chi connectivity index (χ1v) is 11.6. The van der Waals surface area contributed by atoms with Crippen LogP contribution in [0.5, 0.6) is 5.75 Å². The van der Waals surface area contributed by atoms with Crippen LogP contribution in [-0.4, -0.2) is 68.7 Å². The van der Waals surface area contributed by atoms with E-state index in [2.05, 4.69) is 25.7 Å². The topological polar surface area (TPSA) is 70.1 Å². The predicted molar refractivity (Wildman–Crippen MR) is 115 cm³/mol. The number of aliphatic hydroxyl groups excluding tert-OH is 1. The number of fused-ring (bicyclic) bond motifs is 1. The van der Waals surface area contributed by atoms with Crippen molar-refractivity contribution < 1.29 is 18.3 Å². The summed E-state index contributed by atoms with van der Waals surface area (Å²) in [5, 5.41) is 9.65. The van der Waals surface area contributed by atoms with Crippen molar-refractivity contribution in [3.63, 3.8) is 0 Å². The third-order valence-electron chi connectivity index (χ3n) is 4.96. The Balaban J connectivity index is 2.56. The van der Waals surface area contributed by atoms with E-state index in [1.165, 1.54) is 4.31 Å². The van der Waals surface area contributed by atoms with Gasteiger partial charge >= 0.3 is 0 Å². The first kappa shape index (κ1) is 23.7. The Morgan fingerprint density at radius 3 is 2.59 bits per heavy atom. The molecule has 0 aliphatic carbocycles. The van der Waals surface area contributed by atoms with Gasteiger partial charge in [0.05, 0.1) is 6.61 Å². The van der Waals surface area contributed by atoms with Crippen molar-refractivity contribution in [3.05, 3.63) is 23.8 Å². The molecule has 0 spiro atoms. The Bertz CT molecular complexity index is 855. The van der Waals surface area contributed by atoms with Crippen LogP contribution in [0.1, 0.15) is 39.7 Å². The second-order valence-electron chi connectivity index (χ2n) is 8.56. The fraction of sp³-hybridized carbons (Fsp3) is 0.636. The van der Waals surface area contributed by atoms with Gasteiger partial charge in [-0.25, -0.2) is 8.42 Å². The fourth-order valence-electron chi connectivity index (χ4n) is 3.24. The van der Waals surface area contributed by atoms with E-state index in [0.29, 0.717) is 18.2 Å². The molecule has 1 aromatic carbocycles. The van der Waals surface area contributed by atoms with Crippen molar-refractivity contribution in [2.75, 3.05) is 33.8 Å². The Hall–Kier alpha value is -1.59. The van der Waals surface area contributed by atoms with Crippen LogP contribution in [0.3, 0.4) is 0 Å². The number of rotatable bonds is 5. The standard InChI is InChI=1S/C22H34N2O4S/c1-16(2)8-7-9-19-10-11-22-20(12-19)28-21(14-23(5)6)17(3)13-24(18(4)15-25)29(22,26)27/h10-12,16-18,21,25H,8,13-15H2,1-6H3/t17-,18+,21+/m0/s1. The van der Waals surface area contributed by atoms with Crippen LogP contribution < -0.4 is 4.74 Å². The molecule has 0 aromatic heterocycles. The maximum Gasteiger partial charge on any atom is 0.247 e. The Morgan fingerprint density at radius 1 is 1.31 bits per heavy atom. The average molecular weight is 423 g/mol. The molecule has 0 bridgehead atoms. The number of aliphatic hydroxyl groups is 1. The van der Waals surface area contributed by atoms with Gasteiger partial charge in [-0.3, -0.25) is 0 Å². The van der Waals surface area contributed by atoms with Gasteiger partial charge in [-0.1, -0.05) is 32.6 Å². The Morgan fingerprint density at radius 2 is 2.00 bits per heavy atom. The molecule has 6 nitrogen and oxygen atoms in total. The molecule has 3 atom stereocenters. The molecule has 0 saturated heterocycles. The van der Waals surface area contributed by atoms with Gasteiger partial charge in [0.25, 0.3) is 0 Å². The molecule has 1 heterocycles. The number of hydrogen-bond acceptors (Lipinski definition) is 5. The van der Waals surface area contributed by atoms with Gasteiger partial charge in [0, 0.05) is 37.0 Å². The highest BCUT2D eigenvalue weighted by atomic mass is 32.2. The van der Waals surface area contributed by atoms with Crippen LogP contribution in [0.25, 0.3) is 0 Å². The van der Waals surface area contributed by atoms with Crippen molar-refractivity contribution in [3.8, 4) is 17.6 Å². The van der Waals surface area contributed by atoms with Gasteiger partial charge in [-0.05, 0) is 45.1 Å². The van der Waals surface area contributed by atoms with Crippen molar-refractivity contribution in [1.29, 1.82) is 0 Å². The second-order valence-corrected chi connectivity index (χ2v) is 10.4. The number of ether oxygens (including phenoxy) is 1. The molecule has 29 heavy (non-hydrogen) atoms. The van der Waals surface area contributed by atoms with Gasteiger partial charge in [-0.2, -0.15) is 4.31 Å². The smallest absolute Gasteiger partial charge is 0.247 e. The molecular formula is C22H34N2O4S. The van der Waals surface area contributed by atoms with Gasteiger partial charge in [0.2, 0.25) is 10.0 Å². The van der Waals surface area contributed by atoms with E-state index in [1.54, 1.807) is 25.1 Å². The Labute approximate surface area is 175 Å². The highest BCUT2D eigenvalue weighted by molar-refractivity contribution is 7.89. The number of nitrogens with zero attached hydrogens (tertiary/aromatic N) is 2. The average Bonchev–Trinajstić information content (AvgIpc) is 2.63. The van der Waals surface area contributed by atoms with Crippen LogP contribution in [0.4, 0.5) is 0 Å². The molecule has 1 aliphatic rings. The zero-order chi connectivity index (χ0) is 21.8. The minimum atomic E-state index is -3.80. The fourth-order valence-corrected chi connectivity index (χ4v) is 5.06. The summed E-state index contributed by atoms with van der Waals surface area (Å²) in [7, 11) is 0.130. The zero-order valence-electron chi connectivity index (χ0n) is 18.3. The number of likely N-dealkylation sites (N-methyl/N-ethyl adjacent to an activating group) is 1. The molecule has 162 valence electrons. The van der Waals surface area contributed by atoms with Crippen LogP contribution in [0, 0.1) is 23.7 Å². The largest absolute Gasteiger partial charge is 0.487 e. The van der Waals surface area contributed by atoms with Crippen LogP contribution in [-0.2, 0) is 10.0 Å². The van der Waals surface area contributed by atoms with E-state index in [4.69, 9.17) is 4.74 Å². The van der Waals surface area contributed by atoms with E-state index in [-0.39, 0.29) is 30.1 Å². The molecule has 0 amide bonds. The molecule has 1 aliphatic heterocycles. The highest BCUT2D eigenvalue weighted by Crippen LogP contribution is 2.34. The predicted octanol–water partition coefficient (Wildman–Crippen LogP) is 2.41. The molecule has 1 aromatic rings. The normalized spacial score (nSPS) is 22.8. The van der Waals surface area contributed by atoms with Crippen LogP contribution in [0.15, 0.2) is 23.1 Å². The van der Waals surface area contributed by atoms with E-state index >= 15 is 0 Å². The third-order valence-corrected chi connectivity index (χ3v) is 6.97. The molecule has 2 rings (SSSR count). The summed E-state index contributed by atoms with van der Waals surface area (Å²) in [5.74, 6) is 7.00. The summed E-state index contributed by atoms with van der Waals surface area (Å²) in [6.07, 6.45) is 0.588. The lowest BCUT2D eigenvalue weighted by Gasteiger charge is -2.37. The van der Waals surface area contributed by atoms with Gasteiger partial charge in [-0.15, -0.1) is 0 Å². The first-order valence-electron chi connectivity index (χ1n) is 10.1. The summed E-state index contributed by atoms with van der Waals surface area (Å²) in [6.45, 7) is 8.63. The van der Waals surface area contributed by atoms with Crippen molar-refractivity contribution in [1.82, 2.24) is 9.21 Å². The summed E-state index contributed by atoms with van der Waals surface area (Å²) in [5.41, 5.74) is 0.734. The summed E-state index contributed by atoms with van der Waals surface area (Å²) >= 11 is 0. The quantitative estimate of drug-likeness (QED) is 0.738. The zero-order valence-corrected chi connectivity index (χ0v) is 19.2. The number of benzene rings is 1. The van der Waals surface area contributed by atoms with Gasteiger partial charge in [0.15, 0.2) is 0 Å². The minimum Gasteiger partial charge on any atom is -0.487 e. The Kier molecular flexibility index (Phi) is 8.12. The molecule has 0 radical (unpaired) electrons. The SMILES string of the molecule is CC(C)CC#Cc1ccc2c(c1)O[C@H](CN(C)C)[C@@H](C)CN([C@H](C)CO)S2(=O)=O. The van der Waals surface area contributed by atoms with E-state index < -0.39 is 16.1 Å². The monoisotopic (exact) mass is 422 g/mol. The van der Waals surface area contributed by atoms with Gasteiger partial charge in [0.1, 0.15) is 16.7 Å². The summed E-state index contributed by atoms with van der Waals surface area (Å²) in [4.78, 5) is 2.16. The van der Waals surface area contributed by atoms with Crippen LogP contribution in [0.2, 0.25) is 0 Å². The molecule has 0 fully saturated rings. The van der Waals surface area contributed by atoms with Gasteiger partial charge < -0.3 is 14.7 Å². The minimum absolute atomic E-state index is 0.0509. The second kappa shape index (κ2) is 9.94. The van der Waals surface area contributed by atoms with Crippen molar-refractivity contribution in [2.24, 2.45) is 11.8 Å². The van der Waals surface area contributed by atoms with E-state index in [1.807, 2.05) is 25.9 Å².